The highest BCUT2D eigenvalue weighted by Crippen LogP contribution is 2.30. The Morgan fingerprint density at radius 1 is 0.950 bits per heavy atom. The van der Waals surface area contributed by atoms with Crippen LogP contribution >= 0.6 is 0 Å². The van der Waals surface area contributed by atoms with Crippen LogP contribution in [0, 0.1) is 0 Å². The predicted octanol–water partition coefficient (Wildman–Crippen LogP) is 5.76. The standard InChI is InChI=1S/C20H24/c1-3-4-15-20(19-13-9-6-10-14-19)17(2)16-18-11-7-5-8-12-18/h5-14,20H,2-4,15-16H2,1H3/t20-/m0/s1. The molecule has 0 bridgehead atoms. The Labute approximate surface area is 123 Å². The molecule has 0 saturated heterocycles. The Morgan fingerprint density at radius 3 is 2.15 bits per heavy atom. The third kappa shape index (κ3) is 4.09. The molecule has 0 aliphatic rings. The van der Waals surface area contributed by atoms with Gasteiger partial charge in [0.1, 0.15) is 0 Å². The average Bonchev–Trinajstić information content (AvgIpc) is 2.50. The first-order valence-electron chi connectivity index (χ1n) is 7.57. The summed E-state index contributed by atoms with van der Waals surface area (Å²) in [5.74, 6) is 0.483. The van der Waals surface area contributed by atoms with Crippen molar-refractivity contribution in [1.29, 1.82) is 0 Å². The largest absolute Gasteiger partial charge is 0.0989 e. The monoisotopic (exact) mass is 264 g/mol. The normalized spacial score (nSPS) is 12.1. The van der Waals surface area contributed by atoms with E-state index in [0.717, 1.165) is 6.42 Å². The third-order valence-corrected chi connectivity index (χ3v) is 3.82. The summed E-state index contributed by atoms with van der Waals surface area (Å²) in [5, 5.41) is 0. The predicted molar refractivity (Wildman–Crippen MR) is 88.0 cm³/mol. The van der Waals surface area contributed by atoms with E-state index in [0.29, 0.717) is 5.92 Å². The first-order chi connectivity index (χ1) is 9.81. The molecule has 0 aliphatic carbocycles. The topological polar surface area (TPSA) is 0 Å². The number of hydrogen-bond acceptors (Lipinski definition) is 0. The fourth-order valence-corrected chi connectivity index (χ4v) is 2.68. The maximum Gasteiger partial charge on any atom is 0.00487 e. The molecule has 2 rings (SSSR count). The van der Waals surface area contributed by atoms with Gasteiger partial charge in [-0.15, -0.1) is 0 Å². The number of unbranched alkanes of at least 4 members (excludes halogenated alkanes) is 1. The third-order valence-electron chi connectivity index (χ3n) is 3.82. The Kier molecular flexibility index (Phi) is 5.61. The van der Waals surface area contributed by atoms with E-state index in [1.807, 2.05) is 0 Å². The highest BCUT2D eigenvalue weighted by molar-refractivity contribution is 5.31. The van der Waals surface area contributed by atoms with E-state index in [1.54, 1.807) is 0 Å². The van der Waals surface area contributed by atoms with Crippen LogP contribution in [0.2, 0.25) is 0 Å². The minimum absolute atomic E-state index is 0.483. The molecule has 0 amide bonds. The fourth-order valence-electron chi connectivity index (χ4n) is 2.68. The molecule has 0 unspecified atom stereocenters. The van der Waals surface area contributed by atoms with Crippen molar-refractivity contribution in [1.82, 2.24) is 0 Å². The molecule has 0 radical (unpaired) electrons. The summed E-state index contributed by atoms with van der Waals surface area (Å²) in [5.41, 5.74) is 4.09. The summed E-state index contributed by atoms with van der Waals surface area (Å²) >= 11 is 0. The van der Waals surface area contributed by atoms with E-state index in [4.69, 9.17) is 0 Å². The van der Waals surface area contributed by atoms with Gasteiger partial charge in [-0.3, -0.25) is 0 Å². The summed E-state index contributed by atoms with van der Waals surface area (Å²) in [6.45, 7) is 6.63. The van der Waals surface area contributed by atoms with Gasteiger partial charge in [0, 0.05) is 5.92 Å². The van der Waals surface area contributed by atoms with E-state index in [-0.39, 0.29) is 0 Å². The van der Waals surface area contributed by atoms with Crippen LogP contribution < -0.4 is 0 Å². The molecule has 2 aromatic carbocycles. The molecule has 1 atom stereocenters. The molecule has 0 spiro atoms. The van der Waals surface area contributed by atoms with Gasteiger partial charge in [-0.05, 0) is 24.0 Å². The first kappa shape index (κ1) is 14.6. The first-order valence-corrected chi connectivity index (χ1v) is 7.57. The van der Waals surface area contributed by atoms with Crippen molar-refractivity contribution in [2.45, 2.75) is 38.5 Å². The van der Waals surface area contributed by atoms with Crippen molar-refractivity contribution in [2.24, 2.45) is 0 Å². The van der Waals surface area contributed by atoms with Gasteiger partial charge in [0.05, 0.1) is 0 Å². The zero-order valence-corrected chi connectivity index (χ0v) is 12.4. The smallest absolute Gasteiger partial charge is 0.00487 e. The van der Waals surface area contributed by atoms with Crippen molar-refractivity contribution in [3.05, 3.63) is 83.9 Å². The number of rotatable bonds is 7. The van der Waals surface area contributed by atoms with E-state index in [1.165, 1.54) is 36.0 Å². The molecule has 104 valence electrons. The average molecular weight is 264 g/mol. The summed E-state index contributed by atoms with van der Waals surface area (Å²) in [7, 11) is 0. The van der Waals surface area contributed by atoms with Crippen LogP contribution in [0.3, 0.4) is 0 Å². The molecule has 0 nitrogen and oxygen atoms in total. The lowest BCUT2D eigenvalue weighted by molar-refractivity contribution is 0.633. The van der Waals surface area contributed by atoms with Gasteiger partial charge in [0.15, 0.2) is 0 Å². The van der Waals surface area contributed by atoms with Crippen LogP contribution in [-0.4, -0.2) is 0 Å². The molecule has 2 aromatic rings. The van der Waals surface area contributed by atoms with Gasteiger partial charge in [-0.25, -0.2) is 0 Å². The second-order valence-electron chi connectivity index (χ2n) is 5.43. The Morgan fingerprint density at radius 2 is 1.55 bits per heavy atom. The quantitative estimate of drug-likeness (QED) is 0.558. The zero-order valence-electron chi connectivity index (χ0n) is 12.4. The Bertz CT molecular complexity index is 510. The maximum absolute atomic E-state index is 4.38. The zero-order chi connectivity index (χ0) is 14.2. The molecule has 0 heteroatoms. The molecule has 0 N–H and O–H groups in total. The summed E-state index contributed by atoms with van der Waals surface area (Å²) in [6, 6.07) is 21.5. The van der Waals surface area contributed by atoms with E-state index >= 15 is 0 Å². The van der Waals surface area contributed by atoms with Crippen LogP contribution in [0.1, 0.15) is 43.2 Å². The molecular formula is C20H24. The van der Waals surface area contributed by atoms with Crippen molar-refractivity contribution >= 4 is 0 Å². The van der Waals surface area contributed by atoms with Crippen LogP contribution in [-0.2, 0) is 6.42 Å². The SMILES string of the molecule is C=C(Cc1ccccc1)[C@H](CCCC)c1ccccc1. The number of hydrogen-bond donors (Lipinski definition) is 0. The van der Waals surface area contributed by atoms with Crippen molar-refractivity contribution in [2.75, 3.05) is 0 Å². The van der Waals surface area contributed by atoms with E-state index in [9.17, 15) is 0 Å². The van der Waals surface area contributed by atoms with Crippen LogP contribution in [0.25, 0.3) is 0 Å². The van der Waals surface area contributed by atoms with Gasteiger partial charge >= 0.3 is 0 Å². The van der Waals surface area contributed by atoms with E-state index in [2.05, 4.69) is 74.2 Å². The summed E-state index contributed by atoms with van der Waals surface area (Å²) in [6.07, 6.45) is 4.67. The minimum atomic E-state index is 0.483. The lowest BCUT2D eigenvalue weighted by atomic mass is 9.85. The summed E-state index contributed by atoms with van der Waals surface area (Å²) < 4.78 is 0. The second-order valence-corrected chi connectivity index (χ2v) is 5.43. The highest BCUT2D eigenvalue weighted by atomic mass is 14.2. The fraction of sp³-hybridized carbons (Fsp3) is 0.300. The molecule has 0 aliphatic heterocycles. The molecule has 20 heavy (non-hydrogen) atoms. The molecule has 0 fully saturated rings. The maximum atomic E-state index is 4.38. The number of allylic oxidation sites excluding steroid dienone is 1. The van der Waals surface area contributed by atoms with Crippen LogP contribution in [0.4, 0.5) is 0 Å². The number of benzene rings is 2. The van der Waals surface area contributed by atoms with Gasteiger partial charge < -0.3 is 0 Å². The Balaban J connectivity index is 2.12. The Hall–Kier alpha value is -1.82. The van der Waals surface area contributed by atoms with Gasteiger partial charge in [0.2, 0.25) is 0 Å². The van der Waals surface area contributed by atoms with Gasteiger partial charge in [-0.1, -0.05) is 92.6 Å². The summed E-state index contributed by atoms with van der Waals surface area (Å²) in [4.78, 5) is 0. The molecule has 0 saturated carbocycles. The molecule has 0 aromatic heterocycles. The highest BCUT2D eigenvalue weighted by Gasteiger charge is 2.14. The minimum Gasteiger partial charge on any atom is -0.0989 e. The van der Waals surface area contributed by atoms with Crippen LogP contribution in [0.15, 0.2) is 72.8 Å². The lowest BCUT2D eigenvalue weighted by Crippen LogP contribution is -2.04. The lowest BCUT2D eigenvalue weighted by Gasteiger charge is -2.20. The van der Waals surface area contributed by atoms with Crippen molar-refractivity contribution in [3.8, 4) is 0 Å². The second kappa shape index (κ2) is 7.69. The van der Waals surface area contributed by atoms with Crippen molar-refractivity contribution < 1.29 is 0 Å². The van der Waals surface area contributed by atoms with Crippen molar-refractivity contribution in [3.63, 3.8) is 0 Å². The van der Waals surface area contributed by atoms with E-state index < -0.39 is 0 Å². The molecule has 0 heterocycles. The van der Waals surface area contributed by atoms with Gasteiger partial charge in [-0.2, -0.15) is 0 Å². The van der Waals surface area contributed by atoms with Crippen LogP contribution in [0.5, 0.6) is 0 Å². The molecular weight excluding hydrogens is 240 g/mol. The van der Waals surface area contributed by atoms with Gasteiger partial charge in [0.25, 0.3) is 0 Å².